The molecule has 126 valence electrons. The number of amides is 1. The van der Waals surface area contributed by atoms with Gasteiger partial charge in [0.05, 0.1) is 11.3 Å². The lowest BCUT2D eigenvalue weighted by Gasteiger charge is -2.00. The fraction of sp³-hybridized carbons (Fsp3) is 0.158. The molecule has 1 amide bonds. The van der Waals surface area contributed by atoms with E-state index in [4.69, 9.17) is 4.42 Å². The number of hydrogen-bond acceptors (Lipinski definition) is 4. The van der Waals surface area contributed by atoms with Crippen molar-refractivity contribution in [3.05, 3.63) is 58.5 Å². The number of carbonyl (C=O) groups excluding carboxylic acids is 1. The Labute approximate surface area is 148 Å². The van der Waals surface area contributed by atoms with E-state index < -0.39 is 0 Å². The van der Waals surface area contributed by atoms with Crippen molar-refractivity contribution in [1.29, 1.82) is 0 Å². The van der Waals surface area contributed by atoms with Crippen LogP contribution >= 0.6 is 11.3 Å². The highest BCUT2D eigenvalue weighted by atomic mass is 32.1. The van der Waals surface area contributed by atoms with E-state index >= 15 is 0 Å². The van der Waals surface area contributed by atoms with E-state index in [2.05, 4.69) is 21.4 Å². The average Bonchev–Trinajstić information content (AvgIpc) is 3.23. The van der Waals surface area contributed by atoms with Crippen molar-refractivity contribution < 1.29 is 9.21 Å². The summed E-state index contributed by atoms with van der Waals surface area (Å²) in [5, 5.41) is 6.53. The lowest BCUT2D eigenvalue weighted by molar-refractivity contribution is 0.102. The van der Waals surface area contributed by atoms with E-state index in [1.54, 1.807) is 13.0 Å². The Morgan fingerprint density at radius 2 is 2.04 bits per heavy atom. The van der Waals surface area contributed by atoms with E-state index in [1.165, 1.54) is 11.3 Å². The minimum Gasteiger partial charge on any atom is -0.466 e. The van der Waals surface area contributed by atoms with Crippen LogP contribution in [0, 0.1) is 20.8 Å². The van der Waals surface area contributed by atoms with Gasteiger partial charge in [-0.05, 0) is 32.9 Å². The number of carbonyl (C=O) groups is 1. The average molecular weight is 351 g/mol. The Hall–Kier alpha value is -2.86. The summed E-state index contributed by atoms with van der Waals surface area (Å²) in [6.45, 7) is 5.64. The maximum absolute atomic E-state index is 12.4. The zero-order valence-corrected chi connectivity index (χ0v) is 15.0. The number of para-hydroxylation sites is 1. The van der Waals surface area contributed by atoms with Gasteiger partial charge in [0.25, 0.3) is 5.91 Å². The van der Waals surface area contributed by atoms with Gasteiger partial charge in [0.2, 0.25) is 0 Å². The molecule has 0 spiro atoms. The number of anilines is 1. The number of aromatic amines is 1. The molecular weight excluding hydrogens is 334 g/mol. The quantitative estimate of drug-likeness (QED) is 0.542. The van der Waals surface area contributed by atoms with Gasteiger partial charge >= 0.3 is 0 Å². The molecule has 6 heteroatoms. The van der Waals surface area contributed by atoms with Crippen LogP contribution in [0.5, 0.6) is 0 Å². The molecule has 0 bridgehead atoms. The second kappa shape index (κ2) is 5.89. The van der Waals surface area contributed by atoms with Crippen LogP contribution in [-0.4, -0.2) is 15.9 Å². The SMILES string of the molecule is Cc1cc(C(=O)Nc2nc(-c3c(C)[nH]c4ccccc34)cs2)c(C)o1. The number of furan rings is 1. The minimum absolute atomic E-state index is 0.203. The first-order valence-electron chi connectivity index (χ1n) is 7.94. The highest BCUT2D eigenvalue weighted by molar-refractivity contribution is 7.14. The third kappa shape index (κ3) is 2.74. The maximum atomic E-state index is 12.4. The molecule has 1 aromatic carbocycles. The number of fused-ring (bicyclic) bond motifs is 1. The van der Waals surface area contributed by atoms with Gasteiger partial charge in [0, 0.05) is 27.5 Å². The summed E-state index contributed by atoms with van der Waals surface area (Å²) < 4.78 is 5.42. The molecule has 5 nitrogen and oxygen atoms in total. The predicted octanol–water partition coefficient (Wildman–Crippen LogP) is 5.06. The Kier molecular flexibility index (Phi) is 3.69. The minimum atomic E-state index is -0.203. The Bertz CT molecular complexity index is 1090. The topological polar surface area (TPSA) is 70.9 Å². The molecule has 0 aliphatic heterocycles. The van der Waals surface area contributed by atoms with E-state index in [9.17, 15) is 4.79 Å². The normalized spacial score (nSPS) is 11.2. The van der Waals surface area contributed by atoms with Gasteiger partial charge in [-0.15, -0.1) is 11.3 Å². The summed E-state index contributed by atoms with van der Waals surface area (Å²) in [5.74, 6) is 1.13. The molecule has 0 saturated heterocycles. The number of nitrogens with one attached hydrogen (secondary N) is 2. The Morgan fingerprint density at radius 1 is 1.24 bits per heavy atom. The molecule has 25 heavy (non-hydrogen) atoms. The first kappa shape index (κ1) is 15.7. The fourth-order valence-electron chi connectivity index (χ4n) is 3.07. The molecule has 3 heterocycles. The van der Waals surface area contributed by atoms with Gasteiger partial charge in [-0.25, -0.2) is 4.98 Å². The van der Waals surface area contributed by atoms with Crippen LogP contribution in [0.4, 0.5) is 5.13 Å². The lowest BCUT2D eigenvalue weighted by atomic mass is 10.1. The largest absolute Gasteiger partial charge is 0.466 e. The zero-order valence-electron chi connectivity index (χ0n) is 14.1. The summed E-state index contributed by atoms with van der Waals surface area (Å²) in [4.78, 5) is 20.4. The first-order valence-corrected chi connectivity index (χ1v) is 8.82. The number of rotatable bonds is 3. The number of nitrogens with zero attached hydrogens (tertiary/aromatic N) is 1. The molecule has 4 rings (SSSR count). The molecule has 0 saturated carbocycles. The van der Waals surface area contributed by atoms with Crippen LogP contribution in [0.15, 0.2) is 40.1 Å². The third-order valence-corrected chi connectivity index (χ3v) is 4.92. The third-order valence-electron chi connectivity index (χ3n) is 4.16. The number of H-pyrrole nitrogens is 1. The number of hydrogen-bond donors (Lipinski definition) is 2. The van der Waals surface area contributed by atoms with Crippen molar-refractivity contribution in [3.8, 4) is 11.3 Å². The fourth-order valence-corrected chi connectivity index (χ4v) is 3.77. The second-order valence-electron chi connectivity index (χ2n) is 5.99. The van der Waals surface area contributed by atoms with Crippen LogP contribution in [0.1, 0.15) is 27.6 Å². The van der Waals surface area contributed by atoms with Gasteiger partial charge < -0.3 is 9.40 Å². The van der Waals surface area contributed by atoms with Gasteiger partial charge in [0.15, 0.2) is 5.13 Å². The number of aryl methyl sites for hydroxylation is 3. The number of aromatic nitrogens is 2. The van der Waals surface area contributed by atoms with Crippen molar-refractivity contribution in [1.82, 2.24) is 9.97 Å². The van der Waals surface area contributed by atoms with Crippen LogP contribution in [-0.2, 0) is 0 Å². The smallest absolute Gasteiger partial charge is 0.260 e. The second-order valence-corrected chi connectivity index (χ2v) is 6.85. The molecule has 2 N–H and O–H groups in total. The maximum Gasteiger partial charge on any atom is 0.260 e. The molecular formula is C19H17N3O2S. The number of thiazole rings is 1. The van der Waals surface area contributed by atoms with Gasteiger partial charge in [-0.3, -0.25) is 10.1 Å². The molecule has 0 aliphatic rings. The van der Waals surface area contributed by atoms with E-state index in [0.29, 0.717) is 16.5 Å². The Morgan fingerprint density at radius 3 is 2.80 bits per heavy atom. The number of benzene rings is 1. The molecule has 0 atom stereocenters. The monoisotopic (exact) mass is 351 g/mol. The van der Waals surface area contributed by atoms with Crippen molar-refractivity contribution in [3.63, 3.8) is 0 Å². The standard InChI is InChI=1S/C19H17N3O2S/c1-10-8-14(12(3)24-10)18(23)22-19-21-16(9-25-19)17-11(2)20-15-7-5-4-6-13(15)17/h4-9,20H,1-3H3,(H,21,22,23). The zero-order chi connectivity index (χ0) is 17.6. The van der Waals surface area contributed by atoms with Crippen LogP contribution in [0.25, 0.3) is 22.2 Å². The van der Waals surface area contributed by atoms with Gasteiger partial charge in [-0.2, -0.15) is 0 Å². The van der Waals surface area contributed by atoms with Crippen molar-refractivity contribution in [2.45, 2.75) is 20.8 Å². The molecule has 3 aromatic heterocycles. The predicted molar refractivity (Wildman–Crippen MR) is 100 cm³/mol. The van der Waals surface area contributed by atoms with Crippen molar-refractivity contribution in [2.75, 3.05) is 5.32 Å². The molecule has 0 fully saturated rings. The van der Waals surface area contributed by atoms with Crippen LogP contribution in [0.2, 0.25) is 0 Å². The summed E-state index contributed by atoms with van der Waals surface area (Å²) in [7, 11) is 0. The van der Waals surface area contributed by atoms with Gasteiger partial charge in [0.1, 0.15) is 11.5 Å². The van der Waals surface area contributed by atoms with Crippen molar-refractivity contribution in [2.24, 2.45) is 0 Å². The van der Waals surface area contributed by atoms with Crippen molar-refractivity contribution >= 4 is 33.3 Å². The van der Waals surface area contributed by atoms with Gasteiger partial charge in [-0.1, -0.05) is 18.2 Å². The molecule has 0 unspecified atom stereocenters. The summed E-state index contributed by atoms with van der Waals surface area (Å²) >= 11 is 1.41. The Balaban J connectivity index is 1.65. The van der Waals surface area contributed by atoms with Crippen LogP contribution in [0.3, 0.4) is 0 Å². The first-order chi connectivity index (χ1) is 12.0. The molecule has 0 aliphatic carbocycles. The molecule has 0 radical (unpaired) electrons. The highest BCUT2D eigenvalue weighted by Gasteiger charge is 2.17. The summed E-state index contributed by atoms with van der Waals surface area (Å²) in [5.41, 5.74) is 4.61. The highest BCUT2D eigenvalue weighted by Crippen LogP contribution is 2.34. The summed E-state index contributed by atoms with van der Waals surface area (Å²) in [6.07, 6.45) is 0. The van der Waals surface area contributed by atoms with E-state index in [0.717, 1.165) is 33.6 Å². The van der Waals surface area contributed by atoms with Crippen LogP contribution < -0.4 is 5.32 Å². The summed E-state index contributed by atoms with van der Waals surface area (Å²) in [6, 6.07) is 9.87. The lowest BCUT2D eigenvalue weighted by Crippen LogP contribution is -2.11. The molecule has 4 aromatic rings. The van der Waals surface area contributed by atoms with E-state index in [1.807, 2.05) is 37.4 Å². The van der Waals surface area contributed by atoms with E-state index in [-0.39, 0.29) is 5.91 Å².